The Balaban J connectivity index is 3.05. The number of carbonyl (C=O) groups is 1. The standard InChI is InChI=1S/C10H14N4O/c1-13(2)10(15)14(9(11)12)8-6-4-3-5-7-8/h3-7H,1-2H3,(H3,11,12). The van der Waals surface area contributed by atoms with Crippen molar-refractivity contribution >= 4 is 17.7 Å². The maximum absolute atomic E-state index is 11.7. The number of nitrogens with one attached hydrogen (secondary N) is 1. The van der Waals surface area contributed by atoms with Gasteiger partial charge in [0.1, 0.15) is 0 Å². The summed E-state index contributed by atoms with van der Waals surface area (Å²) in [5.74, 6) is -0.292. The molecule has 15 heavy (non-hydrogen) atoms. The maximum Gasteiger partial charge on any atom is 0.330 e. The fourth-order valence-corrected chi connectivity index (χ4v) is 1.13. The molecule has 0 aliphatic heterocycles. The minimum atomic E-state index is -0.339. The van der Waals surface area contributed by atoms with Crippen molar-refractivity contribution in [3.63, 3.8) is 0 Å². The van der Waals surface area contributed by atoms with E-state index >= 15 is 0 Å². The van der Waals surface area contributed by atoms with E-state index in [9.17, 15) is 4.79 Å². The van der Waals surface area contributed by atoms with Gasteiger partial charge in [-0.1, -0.05) is 18.2 Å². The Morgan fingerprint density at radius 2 is 1.80 bits per heavy atom. The number of carbonyl (C=O) groups excluding carboxylic acids is 1. The van der Waals surface area contributed by atoms with E-state index in [4.69, 9.17) is 11.1 Å². The van der Waals surface area contributed by atoms with Crippen molar-refractivity contribution in [2.24, 2.45) is 5.73 Å². The van der Waals surface area contributed by atoms with E-state index in [1.165, 1.54) is 4.90 Å². The number of amides is 2. The third-order valence-corrected chi connectivity index (χ3v) is 1.83. The molecule has 0 aliphatic rings. The molecule has 0 unspecified atom stereocenters. The highest BCUT2D eigenvalue weighted by Crippen LogP contribution is 2.13. The number of urea groups is 1. The Labute approximate surface area is 88.6 Å². The lowest BCUT2D eigenvalue weighted by Gasteiger charge is -2.24. The van der Waals surface area contributed by atoms with Gasteiger partial charge in [-0.05, 0) is 12.1 Å². The molecule has 5 heteroatoms. The van der Waals surface area contributed by atoms with Gasteiger partial charge >= 0.3 is 6.03 Å². The summed E-state index contributed by atoms with van der Waals surface area (Å²) in [6.45, 7) is 0. The van der Waals surface area contributed by atoms with Crippen molar-refractivity contribution < 1.29 is 4.79 Å². The number of para-hydroxylation sites is 1. The summed E-state index contributed by atoms with van der Waals surface area (Å²) in [5.41, 5.74) is 5.96. The first-order chi connectivity index (χ1) is 7.04. The Hall–Kier alpha value is -2.04. The van der Waals surface area contributed by atoms with Crippen LogP contribution < -0.4 is 10.6 Å². The molecular weight excluding hydrogens is 192 g/mol. The first-order valence-electron chi connectivity index (χ1n) is 4.44. The first kappa shape index (κ1) is 11.0. The van der Waals surface area contributed by atoms with Gasteiger partial charge in [0.2, 0.25) is 5.96 Å². The monoisotopic (exact) mass is 206 g/mol. The molecule has 5 nitrogen and oxygen atoms in total. The lowest BCUT2D eigenvalue weighted by atomic mass is 10.3. The minimum Gasteiger partial charge on any atom is -0.369 e. The smallest absolute Gasteiger partial charge is 0.330 e. The highest BCUT2D eigenvalue weighted by atomic mass is 16.2. The lowest BCUT2D eigenvalue weighted by Crippen LogP contribution is -2.46. The minimum absolute atomic E-state index is 0.292. The molecule has 0 saturated carbocycles. The van der Waals surface area contributed by atoms with Crippen LogP contribution in [-0.2, 0) is 0 Å². The summed E-state index contributed by atoms with van der Waals surface area (Å²) in [4.78, 5) is 14.2. The van der Waals surface area contributed by atoms with E-state index in [0.29, 0.717) is 5.69 Å². The molecule has 0 aromatic heterocycles. The fraction of sp³-hybridized carbons (Fsp3) is 0.200. The number of hydrogen-bond donors (Lipinski definition) is 2. The van der Waals surface area contributed by atoms with E-state index < -0.39 is 0 Å². The van der Waals surface area contributed by atoms with E-state index in [2.05, 4.69) is 0 Å². The Morgan fingerprint density at radius 1 is 1.27 bits per heavy atom. The summed E-state index contributed by atoms with van der Waals surface area (Å²) in [5, 5.41) is 7.37. The maximum atomic E-state index is 11.7. The fourth-order valence-electron chi connectivity index (χ4n) is 1.13. The average molecular weight is 206 g/mol. The van der Waals surface area contributed by atoms with E-state index in [1.807, 2.05) is 6.07 Å². The third-order valence-electron chi connectivity index (χ3n) is 1.83. The van der Waals surface area contributed by atoms with Crippen LogP contribution in [0, 0.1) is 5.41 Å². The first-order valence-corrected chi connectivity index (χ1v) is 4.44. The number of nitrogens with two attached hydrogens (primary N) is 1. The number of hydrogen-bond acceptors (Lipinski definition) is 2. The van der Waals surface area contributed by atoms with Crippen LogP contribution in [0.1, 0.15) is 0 Å². The molecule has 2 amide bonds. The van der Waals surface area contributed by atoms with Crippen molar-refractivity contribution in [1.29, 1.82) is 5.41 Å². The zero-order chi connectivity index (χ0) is 11.4. The predicted molar refractivity (Wildman–Crippen MR) is 59.9 cm³/mol. The zero-order valence-corrected chi connectivity index (χ0v) is 8.77. The molecule has 1 aromatic rings. The summed E-state index contributed by atoms with van der Waals surface area (Å²) >= 11 is 0. The molecule has 0 radical (unpaired) electrons. The Bertz CT molecular complexity index is 361. The highest BCUT2D eigenvalue weighted by molar-refractivity contribution is 6.13. The second-order valence-electron chi connectivity index (χ2n) is 3.23. The molecule has 0 spiro atoms. The highest BCUT2D eigenvalue weighted by Gasteiger charge is 2.19. The van der Waals surface area contributed by atoms with Gasteiger partial charge in [-0.25, -0.2) is 9.69 Å². The van der Waals surface area contributed by atoms with Crippen molar-refractivity contribution in [3.8, 4) is 0 Å². The SMILES string of the molecule is CN(C)C(=O)N(C(=N)N)c1ccccc1. The molecular formula is C10H14N4O. The molecule has 0 saturated heterocycles. The van der Waals surface area contributed by atoms with Gasteiger partial charge in [0.25, 0.3) is 0 Å². The summed E-state index contributed by atoms with van der Waals surface area (Å²) < 4.78 is 0. The predicted octanol–water partition coefficient (Wildman–Crippen LogP) is 1.07. The Morgan fingerprint density at radius 3 is 2.20 bits per heavy atom. The summed E-state index contributed by atoms with van der Waals surface area (Å²) in [7, 11) is 3.22. The third kappa shape index (κ3) is 2.46. The summed E-state index contributed by atoms with van der Waals surface area (Å²) in [6, 6.07) is 8.52. The van der Waals surface area contributed by atoms with Gasteiger partial charge in [-0.3, -0.25) is 5.41 Å². The molecule has 3 N–H and O–H groups in total. The van der Waals surface area contributed by atoms with Crippen LogP contribution in [0.25, 0.3) is 0 Å². The molecule has 80 valence electrons. The van der Waals surface area contributed by atoms with E-state index in [0.717, 1.165) is 4.90 Å². The van der Waals surface area contributed by atoms with Crippen LogP contribution in [-0.4, -0.2) is 31.0 Å². The molecule has 0 atom stereocenters. The summed E-state index contributed by atoms with van der Waals surface area (Å²) in [6.07, 6.45) is 0. The van der Waals surface area contributed by atoms with Crippen molar-refractivity contribution in [2.75, 3.05) is 19.0 Å². The number of benzene rings is 1. The number of anilines is 1. The van der Waals surface area contributed by atoms with Crippen LogP contribution in [0.15, 0.2) is 30.3 Å². The van der Waals surface area contributed by atoms with Gasteiger partial charge in [-0.2, -0.15) is 0 Å². The van der Waals surface area contributed by atoms with Crippen LogP contribution >= 0.6 is 0 Å². The number of guanidine groups is 1. The van der Waals surface area contributed by atoms with Crippen molar-refractivity contribution in [3.05, 3.63) is 30.3 Å². The van der Waals surface area contributed by atoms with Gasteiger partial charge in [0.15, 0.2) is 0 Å². The number of rotatable bonds is 1. The van der Waals surface area contributed by atoms with Crippen molar-refractivity contribution in [1.82, 2.24) is 4.90 Å². The number of nitrogens with zero attached hydrogens (tertiary/aromatic N) is 2. The normalized spacial score (nSPS) is 9.47. The topological polar surface area (TPSA) is 73.4 Å². The lowest BCUT2D eigenvalue weighted by molar-refractivity contribution is 0.227. The van der Waals surface area contributed by atoms with Gasteiger partial charge in [0.05, 0.1) is 5.69 Å². The van der Waals surface area contributed by atoms with Crippen molar-refractivity contribution in [2.45, 2.75) is 0 Å². The average Bonchev–Trinajstić information content (AvgIpc) is 2.18. The van der Waals surface area contributed by atoms with Gasteiger partial charge < -0.3 is 10.6 Å². The van der Waals surface area contributed by atoms with Crippen LogP contribution in [0.3, 0.4) is 0 Å². The molecule has 1 aromatic carbocycles. The van der Waals surface area contributed by atoms with E-state index in [-0.39, 0.29) is 12.0 Å². The van der Waals surface area contributed by atoms with Gasteiger partial charge in [-0.15, -0.1) is 0 Å². The second-order valence-corrected chi connectivity index (χ2v) is 3.23. The van der Waals surface area contributed by atoms with Crippen LogP contribution in [0.2, 0.25) is 0 Å². The molecule has 0 heterocycles. The molecule has 1 rings (SSSR count). The quantitative estimate of drug-likeness (QED) is 0.532. The van der Waals surface area contributed by atoms with Crippen LogP contribution in [0.5, 0.6) is 0 Å². The zero-order valence-electron chi connectivity index (χ0n) is 8.77. The van der Waals surface area contributed by atoms with Crippen LogP contribution in [0.4, 0.5) is 10.5 Å². The molecule has 0 bridgehead atoms. The largest absolute Gasteiger partial charge is 0.369 e. The Kier molecular flexibility index (Phi) is 3.28. The molecule has 0 aliphatic carbocycles. The van der Waals surface area contributed by atoms with Gasteiger partial charge in [0, 0.05) is 14.1 Å². The van der Waals surface area contributed by atoms with E-state index in [1.54, 1.807) is 38.4 Å². The second kappa shape index (κ2) is 4.45. The molecule has 0 fully saturated rings.